The molecule has 1 saturated heterocycles. The van der Waals surface area contributed by atoms with Gasteiger partial charge in [-0.2, -0.15) is 13.2 Å². The topological polar surface area (TPSA) is 9.23 Å². The van der Waals surface area contributed by atoms with Gasteiger partial charge in [0, 0.05) is 4.88 Å². The van der Waals surface area contributed by atoms with E-state index in [2.05, 4.69) is 13.8 Å². The molecule has 1 nitrogen and oxygen atoms in total. The Morgan fingerprint density at radius 2 is 2.00 bits per heavy atom. The fourth-order valence-corrected chi connectivity index (χ4v) is 2.99. The summed E-state index contributed by atoms with van der Waals surface area (Å²) in [6.45, 7) is 4.14. The molecule has 17 heavy (non-hydrogen) atoms. The van der Waals surface area contributed by atoms with Crippen molar-refractivity contribution >= 4 is 11.3 Å². The van der Waals surface area contributed by atoms with E-state index in [9.17, 15) is 13.2 Å². The summed E-state index contributed by atoms with van der Waals surface area (Å²) in [6, 6.07) is 2.69. The van der Waals surface area contributed by atoms with E-state index in [1.165, 1.54) is 0 Å². The smallest absolute Gasteiger partial charge is 0.369 e. The first-order chi connectivity index (χ1) is 7.88. The summed E-state index contributed by atoms with van der Waals surface area (Å²) in [7, 11) is 0. The van der Waals surface area contributed by atoms with Crippen LogP contribution in [0.1, 0.15) is 42.5 Å². The van der Waals surface area contributed by atoms with Gasteiger partial charge in [-0.05, 0) is 30.9 Å². The Morgan fingerprint density at radius 1 is 1.29 bits per heavy atom. The van der Waals surface area contributed by atoms with Crippen molar-refractivity contribution in [2.45, 2.75) is 45.1 Å². The summed E-state index contributed by atoms with van der Waals surface area (Å²) in [5.41, 5.74) is 0. The highest BCUT2D eigenvalue weighted by atomic mass is 32.1. The zero-order valence-corrected chi connectivity index (χ0v) is 10.6. The second-order valence-electron chi connectivity index (χ2n) is 4.68. The van der Waals surface area contributed by atoms with E-state index < -0.39 is 11.1 Å². The predicted molar refractivity (Wildman–Crippen MR) is 61.0 cm³/mol. The van der Waals surface area contributed by atoms with Crippen LogP contribution in [0.4, 0.5) is 13.2 Å². The van der Waals surface area contributed by atoms with Crippen LogP contribution in [0.25, 0.3) is 0 Å². The Kier molecular flexibility index (Phi) is 3.50. The minimum absolute atomic E-state index is 0.150. The summed E-state index contributed by atoms with van der Waals surface area (Å²) < 4.78 is 43.2. The maximum Gasteiger partial charge on any atom is 0.425 e. The monoisotopic (exact) mass is 264 g/mol. The van der Waals surface area contributed by atoms with E-state index >= 15 is 0 Å². The fourth-order valence-electron chi connectivity index (χ4n) is 2.04. The lowest BCUT2D eigenvalue weighted by Gasteiger charge is -2.15. The van der Waals surface area contributed by atoms with Crippen molar-refractivity contribution in [3.8, 4) is 0 Å². The van der Waals surface area contributed by atoms with Crippen molar-refractivity contribution < 1.29 is 17.9 Å². The minimum Gasteiger partial charge on any atom is -0.369 e. The highest BCUT2D eigenvalue weighted by Crippen LogP contribution is 2.42. The first-order valence-corrected chi connectivity index (χ1v) is 6.52. The van der Waals surface area contributed by atoms with Gasteiger partial charge in [-0.1, -0.05) is 13.8 Å². The maximum atomic E-state index is 12.5. The molecule has 2 heterocycles. The van der Waals surface area contributed by atoms with Crippen LogP contribution in [0.15, 0.2) is 12.1 Å². The summed E-state index contributed by atoms with van der Waals surface area (Å²) in [4.78, 5) is 0.157. The molecule has 2 rings (SSSR count). The molecule has 0 amide bonds. The largest absolute Gasteiger partial charge is 0.425 e. The molecule has 5 heteroatoms. The van der Waals surface area contributed by atoms with Gasteiger partial charge >= 0.3 is 6.18 Å². The van der Waals surface area contributed by atoms with Crippen LogP contribution >= 0.6 is 11.3 Å². The molecule has 1 aromatic heterocycles. The highest BCUT2D eigenvalue weighted by molar-refractivity contribution is 7.12. The van der Waals surface area contributed by atoms with Crippen molar-refractivity contribution in [3.63, 3.8) is 0 Å². The number of halogens is 3. The van der Waals surface area contributed by atoms with Gasteiger partial charge in [0.2, 0.25) is 0 Å². The molecule has 0 aliphatic carbocycles. The van der Waals surface area contributed by atoms with Crippen LogP contribution in [0.2, 0.25) is 0 Å². The van der Waals surface area contributed by atoms with Gasteiger partial charge < -0.3 is 4.74 Å². The number of hydrogen-bond donors (Lipinski definition) is 0. The van der Waals surface area contributed by atoms with Crippen molar-refractivity contribution in [2.75, 3.05) is 0 Å². The molecular formula is C12H15F3OS. The first kappa shape index (κ1) is 12.9. The molecule has 1 aliphatic heterocycles. The van der Waals surface area contributed by atoms with E-state index in [1.54, 1.807) is 6.07 Å². The Balaban J connectivity index is 2.07. The molecular weight excluding hydrogens is 249 g/mol. The Morgan fingerprint density at radius 3 is 2.47 bits per heavy atom. The van der Waals surface area contributed by atoms with Gasteiger partial charge in [0.25, 0.3) is 0 Å². The molecule has 1 fully saturated rings. The van der Waals surface area contributed by atoms with Crippen molar-refractivity contribution in [3.05, 3.63) is 21.9 Å². The third-order valence-electron chi connectivity index (χ3n) is 3.02. The quantitative estimate of drug-likeness (QED) is 0.756. The van der Waals surface area contributed by atoms with Crippen LogP contribution in [0, 0.1) is 5.92 Å². The molecule has 0 spiro atoms. The average Bonchev–Trinajstić information content (AvgIpc) is 2.85. The molecule has 0 bridgehead atoms. The third kappa shape index (κ3) is 2.83. The Hall–Kier alpha value is -0.550. The van der Waals surface area contributed by atoms with Crippen molar-refractivity contribution in [1.29, 1.82) is 0 Å². The fraction of sp³-hybridized carbons (Fsp3) is 0.667. The van der Waals surface area contributed by atoms with E-state index in [1.807, 2.05) is 0 Å². The highest BCUT2D eigenvalue weighted by Gasteiger charge is 2.35. The predicted octanol–water partition coefficient (Wildman–Crippen LogP) is 4.64. The zero-order valence-electron chi connectivity index (χ0n) is 9.75. The van der Waals surface area contributed by atoms with Gasteiger partial charge in [-0.15, -0.1) is 11.3 Å². The lowest BCUT2D eigenvalue weighted by molar-refractivity contribution is -0.134. The van der Waals surface area contributed by atoms with Crippen LogP contribution in [-0.2, 0) is 10.9 Å². The Labute approximate surface area is 103 Å². The third-order valence-corrected chi connectivity index (χ3v) is 4.24. The van der Waals surface area contributed by atoms with E-state index in [-0.39, 0.29) is 12.2 Å². The Bertz CT molecular complexity index is 383. The molecule has 0 aromatic carbocycles. The van der Waals surface area contributed by atoms with Crippen molar-refractivity contribution in [2.24, 2.45) is 5.92 Å². The second-order valence-corrected chi connectivity index (χ2v) is 5.80. The minimum atomic E-state index is -4.24. The molecule has 96 valence electrons. The first-order valence-electron chi connectivity index (χ1n) is 5.70. The number of thiophene rings is 1. The summed E-state index contributed by atoms with van der Waals surface area (Å²) in [6.07, 6.45) is -2.46. The molecule has 0 N–H and O–H groups in total. The molecule has 0 radical (unpaired) electrons. The van der Waals surface area contributed by atoms with Crippen LogP contribution in [-0.4, -0.2) is 6.10 Å². The molecule has 0 unspecified atom stereocenters. The lowest BCUT2D eigenvalue weighted by Crippen LogP contribution is -2.13. The van der Waals surface area contributed by atoms with Gasteiger partial charge in [-0.25, -0.2) is 0 Å². The van der Waals surface area contributed by atoms with E-state index in [0.717, 1.165) is 30.2 Å². The normalized spacial score (nSPS) is 25.8. The van der Waals surface area contributed by atoms with Crippen molar-refractivity contribution in [1.82, 2.24) is 0 Å². The molecule has 0 saturated carbocycles. The summed E-state index contributed by atoms with van der Waals surface area (Å²) in [5.74, 6) is 0.419. The SMILES string of the molecule is CC(C)[C@@H]1CC[C@H](c2ccc(C(F)(F)F)s2)O1. The zero-order chi connectivity index (χ0) is 12.6. The number of ether oxygens (including phenoxy) is 1. The lowest BCUT2D eigenvalue weighted by atomic mass is 10.0. The van der Waals surface area contributed by atoms with Crippen LogP contribution < -0.4 is 0 Å². The van der Waals surface area contributed by atoms with E-state index in [0.29, 0.717) is 10.8 Å². The molecule has 1 aromatic rings. The van der Waals surface area contributed by atoms with Crippen LogP contribution in [0.5, 0.6) is 0 Å². The van der Waals surface area contributed by atoms with Gasteiger partial charge in [0.05, 0.1) is 12.2 Å². The average molecular weight is 264 g/mol. The maximum absolute atomic E-state index is 12.5. The van der Waals surface area contributed by atoms with E-state index in [4.69, 9.17) is 4.74 Å². The van der Waals surface area contributed by atoms with Gasteiger partial charge in [0.15, 0.2) is 0 Å². The molecule has 1 aliphatic rings. The number of rotatable bonds is 2. The standard InChI is InChI=1S/C12H15F3OS/c1-7(2)8-3-4-9(16-8)10-5-6-11(17-10)12(13,14)15/h5-9H,3-4H2,1-2H3/t8-,9+/m0/s1. The summed E-state index contributed by atoms with van der Waals surface area (Å²) >= 11 is 0.801. The number of hydrogen-bond acceptors (Lipinski definition) is 2. The summed E-state index contributed by atoms with van der Waals surface area (Å²) in [5, 5.41) is 0. The van der Waals surface area contributed by atoms with Crippen LogP contribution in [0.3, 0.4) is 0 Å². The van der Waals surface area contributed by atoms with Gasteiger partial charge in [0.1, 0.15) is 4.88 Å². The molecule has 2 atom stereocenters. The second kappa shape index (κ2) is 4.61. The number of alkyl halides is 3. The van der Waals surface area contributed by atoms with Gasteiger partial charge in [-0.3, -0.25) is 0 Å².